The van der Waals surface area contributed by atoms with Crippen molar-refractivity contribution in [1.29, 1.82) is 0 Å². The lowest BCUT2D eigenvalue weighted by molar-refractivity contribution is 0.163. The standard InChI is InChI=1S/C21H24N4O4S/c1-16-3-9-19(10-4-16)30(26,27)25-13-11-24(12-14-25)15-20-22-21(23-29-20)17-5-7-18(28-2)8-6-17/h3-10H,11-15H2,1-2H3. The Labute approximate surface area is 176 Å². The first-order chi connectivity index (χ1) is 14.5. The van der Waals surface area contributed by atoms with Crippen molar-refractivity contribution in [2.24, 2.45) is 0 Å². The van der Waals surface area contributed by atoms with Crippen molar-refractivity contribution >= 4 is 10.0 Å². The molecule has 1 aromatic heterocycles. The van der Waals surface area contributed by atoms with Crippen molar-refractivity contribution in [2.45, 2.75) is 18.4 Å². The normalized spacial score (nSPS) is 15.9. The number of piperazine rings is 1. The number of methoxy groups -OCH3 is 1. The number of rotatable bonds is 6. The van der Waals surface area contributed by atoms with E-state index in [1.54, 1.807) is 19.2 Å². The summed E-state index contributed by atoms with van der Waals surface area (Å²) in [6, 6.07) is 14.4. The van der Waals surface area contributed by atoms with E-state index in [2.05, 4.69) is 15.0 Å². The zero-order valence-corrected chi connectivity index (χ0v) is 17.8. The molecule has 1 aliphatic heterocycles. The van der Waals surface area contributed by atoms with Crippen LogP contribution in [-0.2, 0) is 16.6 Å². The Kier molecular flexibility index (Phi) is 5.85. The first-order valence-electron chi connectivity index (χ1n) is 9.72. The molecule has 9 heteroatoms. The summed E-state index contributed by atoms with van der Waals surface area (Å²) in [5, 5.41) is 4.05. The van der Waals surface area contributed by atoms with Crippen LogP contribution in [0, 0.1) is 6.92 Å². The molecule has 1 fully saturated rings. The smallest absolute Gasteiger partial charge is 0.243 e. The molecule has 0 amide bonds. The minimum Gasteiger partial charge on any atom is -0.497 e. The first-order valence-corrected chi connectivity index (χ1v) is 11.2. The fourth-order valence-corrected chi connectivity index (χ4v) is 4.78. The van der Waals surface area contributed by atoms with Crippen LogP contribution in [0.25, 0.3) is 11.4 Å². The lowest BCUT2D eigenvalue weighted by atomic mass is 10.2. The quantitative estimate of drug-likeness (QED) is 0.596. The van der Waals surface area contributed by atoms with Gasteiger partial charge in [0.2, 0.25) is 21.7 Å². The number of aryl methyl sites for hydroxylation is 1. The van der Waals surface area contributed by atoms with Crippen LogP contribution >= 0.6 is 0 Å². The largest absolute Gasteiger partial charge is 0.497 e. The van der Waals surface area contributed by atoms with Gasteiger partial charge in [0.15, 0.2) is 0 Å². The lowest BCUT2D eigenvalue weighted by Gasteiger charge is -2.33. The molecule has 1 saturated heterocycles. The van der Waals surface area contributed by atoms with Gasteiger partial charge < -0.3 is 9.26 Å². The van der Waals surface area contributed by atoms with Gasteiger partial charge in [-0.25, -0.2) is 8.42 Å². The van der Waals surface area contributed by atoms with Crippen LogP contribution in [0.15, 0.2) is 57.9 Å². The van der Waals surface area contributed by atoms with Crippen molar-refractivity contribution < 1.29 is 17.7 Å². The van der Waals surface area contributed by atoms with E-state index in [1.807, 2.05) is 43.3 Å². The monoisotopic (exact) mass is 428 g/mol. The minimum atomic E-state index is -3.47. The van der Waals surface area contributed by atoms with Crippen LogP contribution in [0.3, 0.4) is 0 Å². The van der Waals surface area contributed by atoms with Crippen LogP contribution in [0.5, 0.6) is 5.75 Å². The Morgan fingerprint density at radius 1 is 1.00 bits per heavy atom. The van der Waals surface area contributed by atoms with Crippen molar-refractivity contribution in [2.75, 3.05) is 33.3 Å². The summed E-state index contributed by atoms with van der Waals surface area (Å²) in [6.45, 7) is 4.48. The molecule has 158 valence electrons. The van der Waals surface area contributed by atoms with Gasteiger partial charge in [-0.2, -0.15) is 9.29 Å². The third kappa shape index (κ3) is 4.38. The highest BCUT2D eigenvalue weighted by atomic mass is 32.2. The Balaban J connectivity index is 1.36. The number of aromatic nitrogens is 2. The summed E-state index contributed by atoms with van der Waals surface area (Å²) in [6.07, 6.45) is 0. The van der Waals surface area contributed by atoms with Crippen molar-refractivity contribution in [3.8, 4) is 17.1 Å². The Morgan fingerprint density at radius 3 is 2.30 bits per heavy atom. The minimum absolute atomic E-state index is 0.336. The molecule has 30 heavy (non-hydrogen) atoms. The topological polar surface area (TPSA) is 88.8 Å². The molecule has 0 atom stereocenters. The average molecular weight is 429 g/mol. The van der Waals surface area contributed by atoms with E-state index >= 15 is 0 Å². The van der Waals surface area contributed by atoms with E-state index in [0.29, 0.717) is 49.3 Å². The number of hydrogen-bond acceptors (Lipinski definition) is 7. The van der Waals surface area contributed by atoms with Gasteiger partial charge in [-0.3, -0.25) is 4.90 Å². The van der Waals surface area contributed by atoms with Gasteiger partial charge in [-0.15, -0.1) is 0 Å². The fourth-order valence-electron chi connectivity index (χ4n) is 3.36. The molecule has 0 aliphatic carbocycles. The molecule has 0 spiro atoms. The maximum atomic E-state index is 12.8. The van der Waals surface area contributed by atoms with Crippen LogP contribution in [-0.4, -0.2) is 61.1 Å². The summed E-state index contributed by atoms with van der Waals surface area (Å²) in [5.41, 5.74) is 1.88. The molecule has 2 heterocycles. The van der Waals surface area contributed by atoms with Gasteiger partial charge in [-0.1, -0.05) is 22.9 Å². The highest BCUT2D eigenvalue weighted by molar-refractivity contribution is 7.89. The number of ether oxygens (including phenoxy) is 1. The zero-order valence-electron chi connectivity index (χ0n) is 17.0. The number of nitrogens with zero attached hydrogens (tertiary/aromatic N) is 4. The molecular weight excluding hydrogens is 404 g/mol. The molecule has 0 radical (unpaired) electrons. The molecule has 0 N–H and O–H groups in total. The van der Waals surface area contributed by atoms with E-state index in [4.69, 9.17) is 9.26 Å². The molecule has 8 nitrogen and oxygen atoms in total. The van der Waals surface area contributed by atoms with Crippen LogP contribution in [0.1, 0.15) is 11.5 Å². The molecule has 0 unspecified atom stereocenters. The lowest BCUT2D eigenvalue weighted by Crippen LogP contribution is -2.48. The van der Waals surface area contributed by atoms with Crippen molar-refractivity contribution in [3.63, 3.8) is 0 Å². The molecular formula is C21H24N4O4S. The van der Waals surface area contributed by atoms with Crippen LogP contribution < -0.4 is 4.74 Å². The Morgan fingerprint density at radius 2 is 1.67 bits per heavy atom. The van der Waals surface area contributed by atoms with E-state index in [0.717, 1.165) is 16.9 Å². The Bertz CT molecular complexity index is 1090. The zero-order chi connectivity index (χ0) is 21.1. The molecule has 0 saturated carbocycles. The summed E-state index contributed by atoms with van der Waals surface area (Å²) in [5.74, 6) is 1.80. The van der Waals surface area contributed by atoms with Gasteiger partial charge in [0, 0.05) is 31.7 Å². The summed E-state index contributed by atoms with van der Waals surface area (Å²) < 4.78 is 37.7. The van der Waals surface area contributed by atoms with E-state index in [-0.39, 0.29) is 0 Å². The van der Waals surface area contributed by atoms with E-state index in [9.17, 15) is 8.42 Å². The summed E-state index contributed by atoms with van der Waals surface area (Å²) in [4.78, 5) is 6.91. The van der Waals surface area contributed by atoms with Gasteiger partial charge >= 0.3 is 0 Å². The highest BCUT2D eigenvalue weighted by Gasteiger charge is 2.29. The molecule has 2 aromatic carbocycles. The van der Waals surface area contributed by atoms with Gasteiger partial charge in [0.25, 0.3) is 0 Å². The SMILES string of the molecule is COc1ccc(-c2noc(CN3CCN(S(=O)(=O)c4ccc(C)cc4)CC3)n2)cc1. The third-order valence-corrected chi connectivity index (χ3v) is 7.08. The predicted molar refractivity (Wildman–Crippen MR) is 112 cm³/mol. The highest BCUT2D eigenvalue weighted by Crippen LogP contribution is 2.21. The second-order valence-corrected chi connectivity index (χ2v) is 9.17. The van der Waals surface area contributed by atoms with Gasteiger partial charge in [-0.05, 0) is 43.3 Å². The maximum absolute atomic E-state index is 12.8. The number of benzene rings is 2. The first kappa shape index (κ1) is 20.5. The van der Waals surface area contributed by atoms with Crippen molar-refractivity contribution in [3.05, 3.63) is 60.0 Å². The second kappa shape index (κ2) is 8.55. The average Bonchev–Trinajstić information content (AvgIpc) is 3.23. The van der Waals surface area contributed by atoms with Crippen LogP contribution in [0.2, 0.25) is 0 Å². The molecule has 4 rings (SSSR count). The number of hydrogen-bond donors (Lipinski definition) is 0. The maximum Gasteiger partial charge on any atom is 0.243 e. The van der Waals surface area contributed by atoms with Gasteiger partial charge in [0.1, 0.15) is 5.75 Å². The molecule has 1 aliphatic rings. The fraction of sp³-hybridized carbons (Fsp3) is 0.333. The predicted octanol–water partition coefficient (Wildman–Crippen LogP) is 2.56. The molecule has 3 aromatic rings. The van der Waals surface area contributed by atoms with Crippen molar-refractivity contribution in [1.82, 2.24) is 19.3 Å². The Hall–Kier alpha value is -2.75. The van der Waals surface area contributed by atoms with Gasteiger partial charge in [0.05, 0.1) is 18.6 Å². The second-order valence-electron chi connectivity index (χ2n) is 7.23. The van der Waals surface area contributed by atoms with Crippen LogP contribution in [0.4, 0.5) is 0 Å². The summed E-state index contributed by atoms with van der Waals surface area (Å²) >= 11 is 0. The third-order valence-electron chi connectivity index (χ3n) is 5.17. The summed E-state index contributed by atoms with van der Waals surface area (Å²) in [7, 11) is -1.85. The van der Waals surface area contributed by atoms with E-state index < -0.39 is 10.0 Å². The number of sulfonamides is 1. The van der Waals surface area contributed by atoms with E-state index in [1.165, 1.54) is 4.31 Å². The molecule has 0 bridgehead atoms.